The molecule has 0 atom stereocenters. The second-order valence-electron chi connectivity index (χ2n) is 4.28. The number of halogens is 1. The molecule has 4 nitrogen and oxygen atoms in total. The number of thiophene rings is 1. The van der Waals surface area contributed by atoms with E-state index in [4.69, 9.17) is 11.6 Å². The summed E-state index contributed by atoms with van der Waals surface area (Å²) in [6, 6.07) is 8.42. The van der Waals surface area contributed by atoms with Crippen LogP contribution in [0.25, 0.3) is 0 Å². The lowest BCUT2D eigenvalue weighted by molar-refractivity contribution is 0.591. The molecule has 0 N–H and O–H groups in total. The van der Waals surface area contributed by atoms with Crippen molar-refractivity contribution in [2.75, 3.05) is 4.31 Å². The van der Waals surface area contributed by atoms with Crippen LogP contribution in [0, 0.1) is 0 Å². The van der Waals surface area contributed by atoms with E-state index in [0.29, 0.717) is 10.2 Å². The first-order chi connectivity index (χ1) is 9.09. The molecular weight excluding hydrogens is 304 g/mol. The zero-order valence-corrected chi connectivity index (χ0v) is 12.2. The van der Waals surface area contributed by atoms with Gasteiger partial charge in [0.05, 0.1) is 4.34 Å². The molecule has 0 bridgehead atoms. The molecule has 0 unspecified atom stereocenters. The van der Waals surface area contributed by atoms with Crippen LogP contribution in [0.2, 0.25) is 4.34 Å². The zero-order valence-electron chi connectivity index (χ0n) is 9.86. The predicted molar refractivity (Wildman–Crippen MR) is 76.3 cm³/mol. The van der Waals surface area contributed by atoms with Crippen molar-refractivity contribution in [3.8, 4) is 0 Å². The molecule has 1 fully saturated rings. The topological polar surface area (TPSA) is 50.3 Å². The van der Waals surface area contributed by atoms with Crippen LogP contribution in [0.15, 0.2) is 40.7 Å². The van der Waals surface area contributed by atoms with Crippen molar-refractivity contribution in [2.45, 2.75) is 23.1 Å². The molecule has 3 rings (SSSR count). The first-order valence-electron chi connectivity index (χ1n) is 5.80. The van der Waals surface area contributed by atoms with Gasteiger partial charge in [-0.15, -0.1) is 11.3 Å². The molecule has 0 saturated heterocycles. The molecule has 7 heteroatoms. The molecule has 0 aliphatic heterocycles. The number of rotatable bonds is 4. The summed E-state index contributed by atoms with van der Waals surface area (Å²) in [6.45, 7) is 0. The average Bonchev–Trinajstić information content (AvgIpc) is 3.10. The number of hydrogen-bond acceptors (Lipinski definition) is 4. The summed E-state index contributed by atoms with van der Waals surface area (Å²) in [6.07, 6.45) is 3.34. The third-order valence-corrected chi connectivity index (χ3v) is 6.37. The summed E-state index contributed by atoms with van der Waals surface area (Å²) in [7, 11) is -3.57. The van der Waals surface area contributed by atoms with Gasteiger partial charge < -0.3 is 0 Å². The minimum Gasteiger partial charge on any atom is -0.246 e. The van der Waals surface area contributed by atoms with Crippen molar-refractivity contribution in [3.05, 3.63) is 40.9 Å². The maximum absolute atomic E-state index is 12.7. The molecule has 1 saturated carbocycles. The SMILES string of the molecule is O=S(=O)(c1ccc(Cl)s1)N(c1ccccn1)C1CC1. The van der Waals surface area contributed by atoms with Crippen LogP contribution < -0.4 is 4.31 Å². The van der Waals surface area contributed by atoms with Crippen LogP contribution in [0.3, 0.4) is 0 Å². The molecule has 0 amide bonds. The van der Waals surface area contributed by atoms with E-state index in [-0.39, 0.29) is 10.3 Å². The van der Waals surface area contributed by atoms with Crippen molar-refractivity contribution in [1.29, 1.82) is 0 Å². The fraction of sp³-hybridized carbons (Fsp3) is 0.250. The molecule has 2 heterocycles. The van der Waals surface area contributed by atoms with E-state index in [1.54, 1.807) is 36.5 Å². The van der Waals surface area contributed by atoms with Gasteiger partial charge in [-0.1, -0.05) is 17.7 Å². The average molecular weight is 315 g/mol. The van der Waals surface area contributed by atoms with Crippen LogP contribution in [0.1, 0.15) is 12.8 Å². The van der Waals surface area contributed by atoms with E-state index >= 15 is 0 Å². The summed E-state index contributed by atoms with van der Waals surface area (Å²) in [4.78, 5) is 4.16. The number of pyridine rings is 1. The third-order valence-electron chi connectivity index (χ3n) is 2.82. The smallest absolute Gasteiger partial charge is 0.246 e. The van der Waals surface area contributed by atoms with Crippen molar-refractivity contribution in [2.24, 2.45) is 0 Å². The van der Waals surface area contributed by atoms with E-state index < -0.39 is 10.0 Å². The van der Waals surface area contributed by atoms with Gasteiger partial charge in [-0.2, -0.15) is 0 Å². The fourth-order valence-corrected chi connectivity index (χ4v) is 5.07. The van der Waals surface area contributed by atoms with Gasteiger partial charge in [-0.3, -0.25) is 0 Å². The van der Waals surface area contributed by atoms with Gasteiger partial charge in [0, 0.05) is 12.2 Å². The third kappa shape index (κ3) is 2.48. The number of hydrogen-bond donors (Lipinski definition) is 0. The maximum Gasteiger partial charge on any atom is 0.275 e. The lowest BCUT2D eigenvalue weighted by atomic mass is 10.4. The highest BCUT2D eigenvalue weighted by atomic mass is 35.5. The summed E-state index contributed by atoms with van der Waals surface area (Å²) >= 11 is 6.90. The Balaban J connectivity index is 2.06. The molecule has 0 spiro atoms. The van der Waals surface area contributed by atoms with Crippen molar-refractivity contribution < 1.29 is 8.42 Å². The molecule has 1 aliphatic carbocycles. The highest BCUT2D eigenvalue weighted by Gasteiger charge is 2.39. The van der Waals surface area contributed by atoms with Crippen LogP contribution in [0.4, 0.5) is 5.82 Å². The molecule has 2 aromatic rings. The number of aromatic nitrogens is 1. The molecular formula is C12H11ClN2O2S2. The highest BCUT2D eigenvalue weighted by molar-refractivity contribution is 7.94. The highest BCUT2D eigenvalue weighted by Crippen LogP contribution is 2.37. The predicted octanol–water partition coefficient (Wildman–Crippen LogP) is 3.15. The quantitative estimate of drug-likeness (QED) is 0.871. The molecule has 1 aliphatic rings. The van der Waals surface area contributed by atoms with Gasteiger partial charge in [-0.25, -0.2) is 17.7 Å². The fourth-order valence-electron chi connectivity index (χ4n) is 1.83. The summed E-state index contributed by atoms with van der Waals surface area (Å²) in [5.41, 5.74) is 0. The summed E-state index contributed by atoms with van der Waals surface area (Å²) in [5.74, 6) is 0.467. The first-order valence-corrected chi connectivity index (χ1v) is 8.43. The van der Waals surface area contributed by atoms with Crippen LogP contribution in [-0.4, -0.2) is 19.4 Å². The molecule has 0 radical (unpaired) electrons. The summed E-state index contributed by atoms with van der Waals surface area (Å²) in [5, 5.41) is 0. The number of sulfonamides is 1. The monoisotopic (exact) mass is 314 g/mol. The Kier molecular flexibility index (Phi) is 3.24. The minimum atomic E-state index is -3.57. The van der Waals surface area contributed by atoms with Crippen molar-refractivity contribution >= 4 is 38.8 Å². The van der Waals surface area contributed by atoms with Crippen LogP contribution in [-0.2, 0) is 10.0 Å². The van der Waals surface area contributed by atoms with E-state index in [1.807, 2.05) is 0 Å². The lowest BCUT2D eigenvalue weighted by Gasteiger charge is -2.22. The van der Waals surface area contributed by atoms with Gasteiger partial charge in [0.2, 0.25) is 0 Å². The second kappa shape index (κ2) is 4.77. The Bertz CT molecular complexity index is 681. The van der Waals surface area contributed by atoms with Gasteiger partial charge in [0.15, 0.2) is 0 Å². The number of nitrogens with zero attached hydrogens (tertiary/aromatic N) is 2. The van der Waals surface area contributed by atoms with E-state index in [9.17, 15) is 8.42 Å². The minimum absolute atomic E-state index is 0.0146. The van der Waals surface area contributed by atoms with Gasteiger partial charge in [-0.05, 0) is 37.1 Å². The van der Waals surface area contributed by atoms with Gasteiger partial charge >= 0.3 is 0 Å². The van der Waals surface area contributed by atoms with Crippen molar-refractivity contribution in [3.63, 3.8) is 0 Å². The molecule has 0 aromatic carbocycles. The van der Waals surface area contributed by atoms with Crippen LogP contribution in [0.5, 0.6) is 0 Å². The van der Waals surface area contributed by atoms with E-state index in [1.165, 1.54) is 4.31 Å². The van der Waals surface area contributed by atoms with E-state index in [2.05, 4.69) is 4.98 Å². The first kappa shape index (κ1) is 12.9. The summed E-state index contributed by atoms with van der Waals surface area (Å²) < 4.78 is 27.5. The molecule has 2 aromatic heterocycles. The van der Waals surface area contributed by atoms with Crippen molar-refractivity contribution in [1.82, 2.24) is 4.98 Å². The zero-order chi connectivity index (χ0) is 13.5. The Morgan fingerprint density at radius 2 is 2.05 bits per heavy atom. The van der Waals surface area contributed by atoms with Gasteiger partial charge in [0.1, 0.15) is 10.0 Å². The Morgan fingerprint density at radius 3 is 2.58 bits per heavy atom. The lowest BCUT2D eigenvalue weighted by Crippen LogP contribution is -2.33. The Morgan fingerprint density at radius 1 is 1.26 bits per heavy atom. The van der Waals surface area contributed by atoms with Gasteiger partial charge in [0.25, 0.3) is 10.0 Å². The largest absolute Gasteiger partial charge is 0.275 e. The number of anilines is 1. The standard InChI is InChI=1S/C12H11ClN2O2S2/c13-10-6-7-12(18-10)19(16,17)15(9-4-5-9)11-3-1-2-8-14-11/h1-3,6-9H,4-5H2. The Hall–Kier alpha value is -1.11. The normalized spacial score (nSPS) is 15.4. The van der Waals surface area contributed by atoms with E-state index in [0.717, 1.165) is 24.2 Å². The molecule has 100 valence electrons. The molecule has 19 heavy (non-hydrogen) atoms. The maximum atomic E-state index is 12.7. The van der Waals surface area contributed by atoms with Crippen LogP contribution >= 0.6 is 22.9 Å². The second-order valence-corrected chi connectivity index (χ2v) is 8.04. The Labute approximate surface area is 120 Å².